The number of hydrogen-bond donors (Lipinski definition) is 3. The van der Waals surface area contributed by atoms with Crippen molar-refractivity contribution in [2.75, 3.05) is 17.7 Å². The SMILES string of the molecule is COc1ccc(Cl)cc1NC(=O)Nc1cc(C(=O)O)c(C#N)cn1. The lowest BCUT2D eigenvalue weighted by molar-refractivity contribution is 0.0696. The van der Waals surface area contributed by atoms with Gasteiger partial charge in [-0.2, -0.15) is 5.26 Å². The zero-order chi connectivity index (χ0) is 17.7. The molecule has 0 aliphatic rings. The number of aromatic carboxylic acids is 1. The zero-order valence-electron chi connectivity index (χ0n) is 12.3. The molecule has 24 heavy (non-hydrogen) atoms. The number of nitrogens with zero attached hydrogens (tertiary/aromatic N) is 2. The number of pyridine rings is 1. The molecule has 8 nitrogen and oxygen atoms in total. The number of hydrogen-bond acceptors (Lipinski definition) is 5. The number of carbonyl (C=O) groups is 2. The molecule has 9 heteroatoms. The fourth-order valence-corrected chi connectivity index (χ4v) is 2.01. The maximum absolute atomic E-state index is 12.0. The highest BCUT2D eigenvalue weighted by molar-refractivity contribution is 6.31. The normalized spacial score (nSPS) is 9.71. The van der Waals surface area contributed by atoms with Crippen LogP contribution in [0.2, 0.25) is 5.02 Å². The van der Waals surface area contributed by atoms with Crippen LogP contribution >= 0.6 is 11.6 Å². The summed E-state index contributed by atoms with van der Waals surface area (Å²) >= 11 is 5.87. The Morgan fingerprint density at radius 2 is 2.08 bits per heavy atom. The highest BCUT2D eigenvalue weighted by Crippen LogP contribution is 2.27. The van der Waals surface area contributed by atoms with Crippen molar-refractivity contribution in [1.82, 2.24) is 4.98 Å². The van der Waals surface area contributed by atoms with Crippen LogP contribution in [-0.2, 0) is 0 Å². The first-order valence-corrected chi connectivity index (χ1v) is 6.87. The third kappa shape index (κ3) is 3.91. The summed E-state index contributed by atoms with van der Waals surface area (Å²) in [6, 6.07) is 6.81. The number of nitrogens with one attached hydrogen (secondary N) is 2. The molecule has 0 aliphatic carbocycles. The predicted octanol–water partition coefficient (Wildman–Crippen LogP) is 2.96. The highest BCUT2D eigenvalue weighted by Gasteiger charge is 2.14. The standard InChI is InChI=1S/C15H11ClN4O4/c1-24-12-3-2-9(16)4-11(12)19-15(23)20-13-5-10(14(21)22)8(6-17)7-18-13/h2-5,7H,1H3,(H,21,22)(H2,18,19,20,23). The molecule has 2 rings (SSSR count). The molecule has 1 heterocycles. The summed E-state index contributed by atoms with van der Waals surface area (Å²) in [6.07, 6.45) is 1.07. The number of rotatable bonds is 4. The Morgan fingerprint density at radius 3 is 2.71 bits per heavy atom. The molecule has 0 atom stereocenters. The Labute approximate surface area is 141 Å². The van der Waals surface area contributed by atoms with Gasteiger partial charge in [-0.15, -0.1) is 0 Å². The number of anilines is 2. The Bertz CT molecular complexity index is 848. The van der Waals surface area contributed by atoms with Crippen molar-refractivity contribution in [2.24, 2.45) is 0 Å². The molecule has 1 aromatic carbocycles. The number of benzene rings is 1. The van der Waals surface area contributed by atoms with E-state index in [1.54, 1.807) is 18.2 Å². The Hall–Kier alpha value is -3.31. The average molecular weight is 347 g/mol. The molecule has 0 saturated carbocycles. The summed E-state index contributed by atoms with van der Waals surface area (Å²) in [7, 11) is 1.44. The topological polar surface area (TPSA) is 124 Å². The largest absolute Gasteiger partial charge is 0.495 e. The van der Waals surface area contributed by atoms with E-state index in [0.717, 1.165) is 12.3 Å². The van der Waals surface area contributed by atoms with E-state index in [1.165, 1.54) is 13.2 Å². The van der Waals surface area contributed by atoms with E-state index in [2.05, 4.69) is 15.6 Å². The number of aromatic nitrogens is 1. The van der Waals surface area contributed by atoms with Gasteiger partial charge >= 0.3 is 12.0 Å². The van der Waals surface area contributed by atoms with E-state index in [0.29, 0.717) is 16.5 Å². The van der Waals surface area contributed by atoms with Crippen LogP contribution in [0.5, 0.6) is 5.75 Å². The molecular weight excluding hydrogens is 336 g/mol. The first-order chi connectivity index (χ1) is 11.4. The van der Waals surface area contributed by atoms with E-state index >= 15 is 0 Å². The second-order valence-electron chi connectivity index (χ2n) is 4.46. The van der Waals surface area contributed by atoms with Gasteiger partial charge in [0.05, 0.1) is 23.9 Å². The van der Waals surface area contributed by atoms with Crippen LogP contribution in [0, 0.1) is 11.3 Å². The van der Waals surface area contributed by atoms with Crippen molar-refractivity contribution >= 4 is 35.1 Å². The summed E-state index contributed by atoms with van der Waals surface area (Å²) < 4.78 is 5.10. The molecule has 0 bridgehead atoms. The molecule has 0 radical (unpaired) electrons. The van der Waals surface area contributed by atoms with Crippen LogP contribution < -0.4 is 15.4 Å². The third-order valence-electron chi connectivity index (χ3n) is 2.91. The molecule has 0 aliphatic heterocycles. The monoisotopic (exact) mass is 346 g/mol. The molecule has 0 fully saturated rings. The minimum absolute atomic E-state index is 0.0232. The van der Waals surface area contributed by atoms with Crippen molar-refractivity contribution in [3.63, 3.8) is 0 Å². The molecule has 122 valence electrons. The molecular formula is C15H11ClN4O4. The van der Waals surface area contributed by atoms with E-state index in [-0.39, 0.29) is 16.9 Å². The summed E-state index contributed by atoms with van der Waals surface area (Å²) in [4.78, 5) is 26.9. The van der Waals surface area contributed by atoms with Crippen LogP contribution in [0.15, 0.2) is 30.5 Å². The van der Waals surface area contributed by atoms with Gasteiger partial charge in [-0.3, -0.25) is 5.32 Å². The van der Waals surface area contributed by atoms with Crippen LogP contribution in [0.1, 0.15) is 15.9 Å². The van der Waals surface area contributed by atoms with Crippen LogP contribution in [0.25, 0.3) is 0 Å². The molecule has 2 aromatic rings. The van der Waals surface area contributed by atoms with Crippen molar-refractivity contribution < 1.29 is 19.4 Å². The van der Waals surface area contributed by atoms with Gasteiger partial charge in [0.2, 0.25) is 0 Å². The molecule has 1 aromatic heterocycles. The fourth-order valence-electron chi connectivity index (χ4n) is 1.84. The number of halogens is 1. The number of carbonyl (C=O) groups excluding carboxylic acids is 1. The van der Waals surface area contributed by atoms with E-state index in [1.807, 2.05) is 0 Å². The number of amides is 2. The summed E-state index contributed by atoms with van der Waals surface area (Å²) in [5.74, 6) is -0.924. The minimum Gasteiger partial charge on any atom is -0.495 e. The van der Waals surface area contributed by atoms with Gasteiger partial charge in [0.15, 0.2) is 0 Å². The number of carboxylic acids is 1. The van der Waals surface area contributed by atoms with Gasteiger partial charge < -0.3 is 15.2 Å². The maximum Gasteiger partial charge on any atom is 0.337 e. The maximum atomic E-state index is 12.0. The van der Waals surface area contributed by atoms with Gasteiger partial charge in [-0.05, 0) is 24.3 Å². The third-order valence-corrected chi connectivity index (χ3v) is 3.14. The van der Waals surface area contributed by atoms with Crippen LogP contribution in [-0.4, -0.2) is 29.2 Å². The van der Waals surface area contributed by atoms with Crippen molar-refractivity contribution in [3.8, 4) is 11.8 Å². The quantitative estimate of drug-likeness (QED) is 0.781. The number of ether oxygens (including phenoxy) is 1. The lowest BCUT2D eigenvalue weighted by Crippen LogP contribution is -2.21. The first-order valence-electron chi connectivity index (χ1n) is 6.49. The lowest BCUT2D eigenvalue weighted by Gasteiger charge is -2.11. The number of carboxylic acid groups (broad SMARTS) is 1. The molecule has 0 spiro atoms. The molecule has 0 saturated heterocycles. The van der Waals surface area contributed by atoms with E-state index in [4.69, 9.17) is 26.7 Å². The fraction of sp³-hybridized carbons (Fsp3) is 0.0667. The van der Waals surface area contributed by atoms with Gasteiger partial charge in [-0.1, -0.05) is 11.6 Å². The zero-order valence-corrected chi connectivity index (χ0v) is 13.1. The Morgan fingerprint density at radius 1 is 1.33 bits per heavy atom. The van der Waals surface area contributed by atoms with Crippen LogP contribution in [0.3, 0.4) is 0 Å². The predicted molar refractivity (Wildman–Crippen MR) is 86.6 cm³/mol. The van der Waals surface area contributed by atoms with Crippen molar-refractivity contribution in [1.29, 1.82) is 5.26 Å². The first kappa shape index (κ1) is 17.1. The smallest absolute Gasteiger partial charge is 0.337 e. The average Bonchev–Trinajstić information content (AvgIpc) is 2.54. The molecule has 0 unspecified atom stereocenters. The number of nitriles is 1. The highest BCUT2D eigenvalue weighted by atomic mass is 35.5. The number of urea groups is 1. The van der Waals surface area contributed by atoms with Crippen molar-refractivity contribution in [3.05, 3.63) is 46.6 Å². The summed E-state index contributed by atoms with van der Waals surface area (Å²) in [5, 5.41) is 23.2. The summed E-state index contributed by atoms with van der Waals surface area (Å²) in [6.45, 7) is 0. The minimum atomic E-state index is -1.30. The van der Waals surface area contributed by atoms with Gasteiger partial charge in [0, 0.05) is 11.2 Å². The van der Waals surface area contributed by atoms with Gasteiger partial charge in [0.1, 0.15) is 17.6 Å². The summed E-state index contributed by atoms with van der Waals surface area (Å²) in [5.41, 5.74) is -0.0392. The molecule has 3 N–H and O–H groups in total. The number of methoxy groups -OCH3 is 1. The van der Waals surface area contributed by atoms with E-state index in [9.17, 15) is 9.59 Å². The second kappa shape index (κ2) is 7.30. The molecule has 2 amide bonds. The lowest BCUT2D eigenvalue weighted by atomic mass is 10.1. The Balaban J connectivity index is 2.19. The van der Waals surface area contributed by atoms with E-state index < -0.39 is 12.0 Å². The van der Waals surface area contributed by atoms with Gasteiger partial charge in [-0.25, -0.2) is 14.6 Å². The van der Waals surface area contributed by atoms with Crippen molar-refractivity contribution in [2.45, 2.75) is 0 Å². The second-order valence-corrected chi connectivity index (χ2v) is 4.89. The Kier molecular flexibility index (Phi) is 5.19. The van der Waals surface area contributed by atoms with Gasteiger partial charge in [0.25, 0.3) is 0 Å². The van der Waals surface area contributed by atoms with Crippen LogP contribution in [0.4, 0.5) is 16.3 Å².